The van der Waals surface area contributed by atoms with Crippen LogP contribution >= 0.6 is 23.2 Å². The number of rotatable bonds is 8. The lowest BCUT2D eigenvalue weighted by Crippen LogP contribution is -2.42. The fourth-order valence-corrected chi connectivity index (χ4v) is 7.14. The van der Waals surface area contributed by atoms with Crippen LogP contribution in [0.5, 0.6) is 0 Å². The molecular weight excluding hydrogens is 576 g/mol. The average molecular weight is 601 g/mol. The fourth-order valence-electron chi connectivity index (χ4n) is 4.03. The number of nitrogens with zero attached hydrogens (tertiary/aromatic N) is 1. The van der Waals surface area contributed by atoms with Crippen molar-refractivity contribution >= 4 is 60.5 Å². The predicted octanol–water partition coefficient (Wildman–Crippen LogP) is 5.11. The molecule has 0 radical (unpaired) electrons. The van der Waals surface area contributed by atoms with Gasteiger partial charge in [-0.2, -0.15) is 0 Å². The molecule has 1 aliphatic heterocycles. The monoisotopic (exact) mass is 599 g/mol. The largest absolute Gasteiger partial charge is 0.326 e. The number of anilines is 2. The number of nitrogens with one attached hydrogen (secondary N) is 2. The Balaban J connectivity index is 1.32. The van der Waals surface area contributed by atoms with Crippen LogP contribution in [0.15, 0.2) is 71.6 Å². The summed E-state index contributed by atoms with van der Waals surface area (Å²) in [4.78, 5) is 12.8. The highest BCUT2D eigenvalue weighted by Gasteiger charge is 2.32. The van der Waals surface area contributed by atoms with Gasteiger partial charge in [-0.05, 0) is 73.5 Å². The summed E-state index contributed by atoms with van der Waals surface area (Å²) < 4.78 is 68.6. The summed E-state index contributed by atoms with van der Waals surface area (Å²) in [6.45, 7) is 0.222. The summed E-state index contributed by atoms with van der Waals surface area (Å²) in [7, 11) is -7.67. The number of hydrogen-bond acceptors (Lipinski definition) is 5. The van der Waals surface area contributed by atoms with Crippen molar-refractivity contribution in [3.63, 3.8) is 0 Å². The van der Waals surface area contributed by atoms with Gasteiger partial charge in [0.1, 0.15) is 5.82 Å². The first kappa shape index (κ1) is 28.3. The topological polar surface area (TPSA) is 113 Å². The number of hydrogen-bond donors (Lipinski definition) is 2. The number of halogens is 3. The first-order chi connectivity index (χ1) is 17.9. The molecule has 3 aromatic carbocycles. The van der Waals surface area contributed by atoms with Crippen LogP contribution in [0.3, 0.4) is 0 Å². The average Bonchev–Trinajstić information content (AvgIpc) is 2.88. The Kier molecular flexibility index (Phi) is 8.63. The van der Waals surface area contributed by atoms with E-state index < -0.39 is 37.5 Å². The molecule has 1 saturated heterocycles. The van der Waals surface area contributed by atoms with Gasteiger partial charge in [-0.1, -0.05) is 29.3 Å². The highest BCUT2D eigenvalue weighted by Crippen LogP contribution is 2.27. The molecule has 202 valence electrons. The lowest BCUT2D eigenvalue weighted by molar-refractivity contribution is -0.120. The Morgan fingerprint density at radius 3 is 2.11 bits per heavy atom. The molecular formula is C25H24Cl2FN3O5S2. The molecule has 4 rings (SSSR count). The maximum Gasteiger partial charge on any atom is 0.261 e. The number of carbonyl (C=O) groups is 1. The van der Waals surface area contributed by atoms with E-state index in [1.165, 1.54) is 40.7 Å². The summed E-state index contributed by atoms with van der Waals surface area (Å²) in [5, 5.41) is 3.27. The SMILES string of the molecule is O=C(Nc1ccc(S(=O)(=O)Nc2ccc(Cl)cc2)cc1)C1CCN(S(=O)(=O)Cc2c(F)cccc2Cl)CC1. The molecule has 0 atom stereocenters. The molecule has 0 aliphatic carbocycles. The summed E-state index contributed by atoms with van der Waals surface area (Å²) >= 11 is 11.8. The normalized spacial score (nSPS) is 15.2. The Morgan fingerprint density at radius 2 is 1.50 bits per heavy atom. The minimum absolute atomic E-state index is 0.0129. The van der Waals surface area contributed by atoms with E-state index in [-0.39, 0.29) is 47.3 Å². The van der Waals surface area contributed by atoms with Gasteiger partial charge in [0.05, 0.1) is 10.6 Å². The molecule has 1 fully saturated rings. The maximum atomic E-state index is 14.1. The van der Waals surface area contributed by atoms with Crippen molar-refractivity contribution in [2.24, 2.45) is 5.92 Å². The van der Waals surface area contributed by atoms with Gasteiger partial charge in [-0.25, -0.2) is 25.5 Å². The van der Waals surface area contributed by atoms with Gasteiger partial charge < -0.3 is 5.32 Å². The van der Waals surface area contributed by atoms with Crippen LogP contribution in [0.25, 0.3) is 0 Å². The summed E-state index contributed by atoms with van der Waals surface area (Å²) in [5.41, 5.74) is 0.685. The molecule has 0 unspecified atom stereocenters. The highest BCUT2D eigenvalue weighted by molar-refractivity contribution is 7.92. The third-order valence-electron chi connectivity index (χ3n) is 6.14. The van der Waals surface area contributed by atoms with Crippen molar-refractivity contribution in [1.82, 2.24) is 4.31 Å². The van der Waals surface area contributed by atoms with E-state index in [9.17, 15) is 26.0 Å². The summed E-state index contributed by atoms with van der Waals surface area (Å²) in [6.07, 6.45) is 0.571. The third-order valence-corrected chi connectivity index (χ3v) is 9.94. The van der Waals surface area contributed by atoms with Crippen molar-refractivity contribution in [3.05, 3.63) is 88.2 Å². The minimum Gasteiger partial charge on any atom is -0.326 e. The van der Waals surface area contributed by atoms with E-state index in [2.05, 4.69) is 10.0 Å². The highest BCUT2D eigenvalue weighted by atomic mass is 35.5. The summed E-state index contributed by atoms with van der Waals surface area (Å²) in [6, 6.07) is 15.9. The van der Waals surface area contributed by atoms with Gasteiger partial charge in [0.25, 0.3) is 10.0 Å². The van der Waals surface area contributed by atoms with E-state index in [0.29, 0.717) is 16.4 Å². The van der Waals surface area contributed by atoms with E-state index in [1.807, 2.05) is 0 Å². The second-order valence-electron chi connectivity index (χ2n) is 8.76. The van der Waals surface area contributed by atoms with Gasteiger partial charge in [0.15, 0.2) is 0 Å². The minimum atomic E-state index is -3.84. The molecule has 8 nitrogen and oxygen atoms in total. The Morgan fingerprint density at radius 1 is 0.895 bits per heavy atom. The lowest BCUT2D eigenvalue weighted by atomic mass is 9.97. The van der Waals surface area contributed by atoms with E-state index in [4.69, 9.17) is 23.2 Å². The second-order valence-corrected chi connectivity index (χ2v) is 13.3. The van der Waals surface area contributed by atoms with E-state index in [0.717, 1.165) is 6.07 Å². The smallest absolute Gasteiger partial charge is 0.261 e. The number of amides is 1. The van der Waals surface area contributed by atoms with E-state index >= 15 is 0 Å². The van der Waals surface area contributed by atoms with Crippen molar-refractivity contribution in [3.8, 4) is 0 Å². The first-order valence-corrected chi connectivity index (χ1v) is 15.4. The van der Waals surface area contributed by atoms with E-state index in [1.54, 1.807) is 24.3 Å². The molecule has 1 amide bonds. The lowest BCUT2D eigenvalue weighted by Gasteiger charge is -2.30. The maximum absolute atomic E-state index is 14.1. The molecule has 1 heterocycles. The van der Waals surface area contributed by atoms with Crippen molar-refractivity contribution in [2.75, 3.05) is 23.1 Å². The van der Waals surface area contributed by atoms with Crippen LogP contribution < -0.4 is 10.0 Å². The zero-order chi connectivity index (χ0) is 27.5. The van der Waals surface area contributed by atoms with Crippen molar-refractivity contribution in [1.29, 1.82) is 0 Å². The molecule has 1 aliphatic rings. The van der Waals surface area contributed by atoms with Crippen LogP contribution in [0.4, 0.5) is 15.8 Å². The van der Waals surface area contributed by atoms with Crippen LogP contribution in [-0.2, 0) is 30.6 Å². The number of sulfonamides is 2. The summed E-state index contributed by atoms with van der Waals surface area (Å²) in [5.74, 6) is -1.98. The fraction of sp³-hybridized carbons (Fsp3) is 0.240. The molecule has 13 heteroatoms. The molecule has 2 N–H and O–H groups in total. The molecule has 38 heavy (non-hydrogen) atoms. The van der Waals surface area contributed by atoms with Gasteiger partial charge >= 0.3 is 0 Å². The Bertz CT molecular complexity index is 1510. The molecule has 0 aromatic heterocycles. The van der Waals surface area contributed by atoms with Crippen molar-refractivity contribution < 1.29 is 26.0 Å². The van der Waals surface area contributed by atoms with Gasteiger partial charge in [-0.15, -0.1) is 0 Å². The Labute approximate surface area is 230 Å². The van der Waals surface area contributed by atoms with Crippen molar-refractivity contribution in [2.45, 2.75) is 23.5 Å². The molecule has 3 aromatic rings. The molecule has 0 bridgehead atoms. The van der Waals surface area contributed by atoms with Gasteiger partial charge in [-0.3, -0.25) is 9.52 Å². The standard InChI is InChI=1S/C25H24Cl2FN3O5S2/c26-18-4-6-20(7-5-18)30-38(35,36)21-10-8-19(9-11-21)29-25(32)17-12-14-31(15-13-17)37(33,34)16-22-23(27)2-1-3-24(22)28/h1-11,17,30H,12-16H2,(H,29,32). The van der Waals surface area contributed by atoms with Crippen LogP contribution in [0.1, 0.15) is 18.4 Å². The molecule has 0 saturated carbocycles. The Hall–Kier alpha value is -2.70. The van der Waals surface area contributed by atoms with Gasteiger partial charge in [0, 0.05) is 46.0 Å². The third kappa shape index (κ3) is 6.83. The van der Waals surface area contributed by atoms with Gasteiger partial charge in [0.2, 0.25) is 15.9 Å². The van der Waals surface area contributed by atoms with Crippen LogP contribution in [0, 0.1) is 11.7 Å². The zero-order valence-electron chi connectivity index (χ0n) is 19.9. The first-order valence-electron chi connectivity index (χ1n) is 11.5. The van der Waals surface area contributed by atoms with Crippen LogP contribution in [0.2, 0.25) is 10.0 Å². The molecule has 0 spiro atoms. The predicted molar refractivity (Wildman–Crippen MR) is 146 cm³/mol. The quantitative estimate of drug-likeness (QED) is 0.373. The zero-order valence-corrected chi connectivity index (χ0v) is 23.0. The number of carbonyl (C=O) groups excluding carboxylic acids is 1. The van der Waals surface area contributed by atoms with Crippen LogP contribution in [-0.4, -0.2) is 40.1 Å². The number of piperidine rings is 1. The number of benzene rings is 3. The second kappa shape index (κ2) is 11.6.